The molecular weight excluding hydrogens is 424 g/mol. The largest absolute Gasteiger partial charge is 0.400 e. The summed E-state index contributed by atoms with van der Waals surface area (Å²) in [4.78, 5) is 12.9. The Morgan fingerprint density at radius 3 is 2.72 bits per heavy atom. The van der Waals surface area contributed by atoms with Crippen LogP contribution >= 0.6 is 39.7 Å². The SMILES string of the molecule is CO.O=Cc1ccc(NC(=S)N2CCc3ccc(Br)cc3C2)cc1Cl. The van der Waals surface area contributed by atoms with Crippen LogP contribution < -0.4 is 5.32 Å². The van der Waals surface area contributed by atoms with Gasteiger partial charge in [0.15, 0.2) is 11.4 Å². The minimum absolute atomic E-state index is 0.417. The Morgan fingerprint density at radius 1 is 1.28 bits per heavy atom. The number of halogens is 2. The van der Waals surface area contributed by atoms with Crippen molar-refractivity contribution in [3.63, 3.8) is 0 Å². The van der Waals surface area contributed by atoms with Crippen molar-refractivity contribution in [2.24, 2.45) is 0 Å². The van der Waals surface area contributed by atoms with Crippen LogP contribution in [0.3, 0.4) is 0 Å². The second-order valence-corrected chi connectivity index (χ2v) is 7.08. The van der Waals surface area contributed by atoms with Crippen molar-refractivity contribution < 1.29 is 9.90 Å². The van der Waals surface area contributed by atoms with Crippen LogP contribution in [0.2, 0.25) is 5.02 Å². The molecule has 0 atom stereocenters. The van der Waals surface area contributed by atoms with Crippen molar-refractivity contribution >= 4 is 56.8 Å². The van der Waals surface area contributed by atoms with Crippen LogP contribution in [0.15, 0.2) is 40.9 Å². The van der Waals surface area contributed by atoms with E-state index < -0.39 is 0 Å². The highest BCUT2D eigenvalue weighted by Gasteiger charge is 2.18. The van der Waals surface area contributed by atoms with Gasteiger partial charge in [0, 0.05) is 35.9 Å². The van der Waals surface area contributed by atoms with Crippen molar-refractivity contribution in [1.29, 1.82) is 0 Å². The van der Waals surface area contributed by atoms with Gasteiger partial charge in [0.05, 0.1) is 5.02 Å². The average molecular weight is 442 g/mol. The third-order valence-corrected chi connectivity index (χ3v) is 5.03. The zero-order chi connectivity index (χ0) is 18.4. The summed E-state index contributed by atoms with van der Waals surface area (Å²) in [5.74, 6) is 0. The molecule has 4 nitrogen and oxygen atoms in total. The van der Waals surface area contributed by atoms with Crippen molar-refractivity contribution in [1.82, 2.24) is 4.90 Å². The molecule has 0 amide bonds. The monoisotopic (exact) mass is 440 g/mol. The summed E-state index contributed by atoms with van der Waals surface area (Å²) in [6.07, 6.45) is 1.71. The molecule has 132 valence electrons. The number of rotatable bonds is 2. The van der Waals surface area contributed by atoms with E-state index in [1.165, 1.54) is 11.1 Å². The van der Waals surface area contributed by atoms with Gasteiger partial charge in [0.1, 0.15) is 0 Å². The Labute approximate surface area is 165 Å². The Bertz CT molecular complexity index is 786. The predicted molar refractivity (Wildman–Crippen MR) is 109 cm³/mol. The van der Waals surface area contributed by atoms with E-state index in [-0.39, 0.29) is 0 Å². The standard InChI is InChI=1S/C17H14BrClN2OS.CH4O/c18-14-3-1-11-5-6-21(9-13(11)7-14)17(23)20-15-4-2-12(10-22)16(19)8-15;1-2/h1-4,7-8,10H,5-6,9H2,(H,20,23);2H,1H3. The van der Waals surface area contributed by atoms with Gasteiger partial charge in [-0.25, -0.2) is 0 Å². The number of carbonyl (C=O) groups excluding carboxylic acids is 1. The molecule has 1 aliphatic heterocycles. The lowest BCUT2D eigenvalue weighted by Crippen LogP contribution is -2.38. The van der Waals surface area contributed by atoms with Gasteiger partial charge in [0.2, 0.25) is 0 Å². The molecule has 0 fully saturated rings. The molecule has 1 aliphatic rings. The predicted octanol–water partition coefficient (Wildman–Crippen LogP) is 4.28. The Balaban J connectivity index is 0.00000109. The quantitative estimate of drug-likeness (QED) is 0.538. The first-order valence-corrected chi connectivity index (χ1v) is 9.17. The maximum Gasteiger partial charge on any atom is 0.173 e. The normalized spacial score (nSPS) is 12.6. The van der Waals surface area contributed by atoms with Gasteiger partial charge in [-0.15, -0.1) is 0 Å². The minimum atomic E-state index is 0.417. The number of nitrogens with one attached hydrogen (secondary N) is 1. The van der Waals surface area contributed by atoms with Crippen LogP contribution in [-0.4, -0.2) is 35.1 Å². The number of hydrogen-bond donors (Lipinski definition) is 2. The molecule has 0 bridgehead atoms. The second kappa shape index (κ2) is 9.29. The number of thiocarbonyl (C=S) groups is 1. The summed E-state index contributed by atoms with van der Waals surface area (Å²) in [6, 6.07) is 11.6. The molecule has 2 aromatic rings. The molecule has 0 saturated heterocycles. The van der Waals surface area contributed by atoms with Gasteiger partial charge in [0.25, 0.3) is 0 Å². The van der Waals surface area contributed by atoms with Crippen LogP contribution in [0, 0.1) is 0 Å². The lowest BCUT2D eigenvalue weighted by atomic mass is 10.0. The Kier molecular flexibility index (Phi) is 7.38. The van der Waals surface area contributed by atoms with Gasteiger partial charge in [-0.1, -0.05) is 33.6 Å². The van der Waals surface area contributed by atoms with Gasteiger partial charge in [-0.3, -0.25) is 4.79 Å². The highest BCUT2D eigenvalue weighted by molar-refractivity contribution is 9.10. The molecule has 1 heterocycles. The molecule has 0 radical (unpaired) electrons. The number of nitrogens with zero attached hydrogens (tertiary/aromatic N) is 1. The third kappa shape index (κ3) is 5.01. The highest BCUT2D eigenvalue weighted by atomic mass is 79.9. The van der Waals surface area contributed by atoms with Crippen molar-refractivity contribution in [2.45, 2.75) is 13.0 Å². The lowest BCUT2D eigenvalue weighted by Gasteiger charge is -2.31. The lowest BCUT2D eigenvalue weighted by molar-refractivity contribution is 0.112. The maximum absolute atomic E-state index is 10.8. The number of aldehydes is 1. The molecule has 0 spiro atoms. The van der Waals surface area contributed by atoms with Gasteiger partial charge >= 0.3 is 0 Å². The molecule has 25 heavy (non-hydrogen) atoms. The van der Waals surface area contributed by atoms with Crippen LogP contribution in [0.25, 0.3) is 0 Å². The van der Waals surface area contributed by atoms with Crippen molar-refractivity contribution in [2.75, 3.05) is 19.0 Å². The summed E-state index contributed by atoms with van der Waals surface area (Å²) in [5, 5.41) is 11.3. The van der Waals surface area contributed by atoms with E-state index >= 15 is 0 Å². The van der Waals surface area contributed by atoms with Crippen LogP contribution in [0.5, 0.6) is 0 Å². The summed E-state index contributed by atoms with van der Waals surface area (Å²) in [7, 11) is 1.00. The second-order valence-electron chi connectivity index (χ2n) is 5.37. The van der Waals surface area contributed by atoms with Crippen LogP contribution in [0.4, 0.5) is 5.69 Å². The zero-order valence-corrected chi connectivity index (χ0v) is 16.8. The molecule has 3 rings (SSSR count). The van der Waals surface area contributed by atoms with E-state index in [1.807, 2.05) is 0 Å². The number of hydrogen-bond acceptors (Lipinski definition) is 3. The smallest absolute Gasteiger partial charge is 0.173 e. The molecule has 0 aromatic heterocycles. The van der Waals surface area contributed by atoms with E-state index in [2.05, 4.69) is 44.3 Å². The molecule has 2 N–H and O–H groups in total. The van der Waals surface area contributed by atoms with E-state index in [0.29, 0.717) is 15.7 Å². The number of aliphatic hydroxyl groups is 1. The number of anilines is 1. The molecule has 0 saturated carbocycles. The molecule has 0 unspecified atom stereocenters. The van der Waals surface area contributed by atoms with Gasteiger partial charge in [-0.05, 0) is 60.1 Å². The summed E-state index contributed by atoms with van der Waals surface area (Å²) >= 11 is 15.1. The number of benzene rings is 2. The Morgan fingerprint density at radius 2 is 2.04 bits per heavy atom. The fourth-order valence-electron chi connectivity index (χ4n) is 2.60. The van der Waals surface area contributed by atoms with E-state index in [4.69, 9.17) is 28.9 Å². The first-order chi connectivity index (χ1) is 12.1. The van der Waals surface area contributed by atoms with Crippen LogP contribution in [0.1, 0.15) is 21.5 Å². The summed E-state index contributed by atoms with van der Waals surface area (Å²) in [5.41, 5.74) is 3.90. The summed E-state index contributed by atoms with van der Waals surface area (Å²) < 4.78 is 1.08. The van der Waals surface area contributed by atoms with Gasteiger partial charge in [-0.2, -0.15) is 0 Å². The van der Waals surface area contributed by atoms with E-state index in [1.54, 1.807) is 18.2 Å². The fraction of sp³-hybridized carbons (Fsp3) is 0.222. The molecule has 7 heteroatoms. The number of fused-ring (bicyclic) bond motifs is 1. The highest BCUT2D eigenvalue weighted by Crippen LogP contribution is 2.24. The van der Waals surface area contributed by atoms with Crippen molar-refractivity contribution in [3.8, 4) is 0 Å². The average Bonchev–Trinajstić information content (AvgIpc) is 2.63. The topological polar surface area (TPSA) is 52.6 Å². The zero-order valence-electron chi connectivity index (χ0n) is 13.6. The molecule has 0 aliphatic carbocycles. The maximum atomic E-state index is 10.8. The number of carbonyl (C=O) groups is 1. The van der Waals surface area contributed by atoms with Crippen molar-refractivity contribution in [3.05, 3.63) is 62.6 Å². The first-order valence-electron chi connectivity index (χ1n) is 7.59. The first kappa shape index (κ1) is 19.8. The number of aliphatic hydroxyl groups excluding tert-OH is 1. The summed E-state index contributed by atoms with van der Waals surface area (Å²) in [6.45, 7) is 1.65. The minimum Gasteiger partial charge on any atom is -0.400 e. The van der Waals surface area contributed by atoms with E-state index in [0.717, 1.165) is 43.1 Å². The van der Waals surface area contributed by atoms with Crippen LogP contribution in [-0.2, 0) is 13.0 Å². The fourth-order valence-corrected chi connectivity index (χ4v) is 3.51. The molecular formula is C18H18BrClN2O2S. The van der Waals surface area contributed by atoms with Gasteiger partial charge < -0.3 is 15.3 Å². The van der Waals surface area contributed by atoms with E-state index in [9.17, 15) is 4.79 Å². The Hall–Kier alpha value is -1.47. The third-order valence-electron chi connectivity index (χ3n) is 3.85. The molecule has 2 aromatic carbocycles.